The van der Waals surface area contributed by atoms with Crippen molar-refractivity contribution in [3.63, 3.8) is 0 Å². The van der Waals surface area contributed by atoms with Crippen molar-refractivity contribution in [1.82, 2.24) is 4.98 Å². The highest BCUT2D eigenvalue weighted by Crippen LogP contribution is 2.30. The summed E-state index contributed by atoms with van der Waals surface area (Å²) in [7, 11) is 0. The molecule has 0 aliphatic heterocycles. The van der Waals surface area contributed by atoms with E-state index in [0.29, 0.717) is 0 Å². The van der Waals surface area contributed by atoms with E-state index in [4.69, 9.17) is 10.7 Å². The van der Waals surface area contributed by atoms with Gasteiger partial charge < -0.3 is 5.73 Å². The average Bonchev–Trinajstić information content (AvgIpc) is 2.73. The van der Waals surface area contributed by atoms with E-state index in [-0.39, 0.29) is 6.04 Å². The molecule has 1 aromatic heterocycles. The molecule has 2 rings (SSSR count). The molecule has 4 heteroatoms. The Labute approximate surface area is 106 Å². The molecule has 0 saturated heterocycles. The van der Waals surface area contributed by atoms with E-state index in [2.05, 4.69) is 6.92 Å². The molecular formula is C12H20N2S2. The highest BCUT2D eigenvalue weighted by Gasteiger charge is 2.18. The van der Waals surface area contributed by atoms with Crippen LogP contribution in [0.3, 0.4) is 0 Å². The maximum absolute atomic E-state index is 6.18. The van der Waals surface area contributed by atoms with Crippen LogP contribution in [0, 0.1) is 0 Å². The van der Waals surface area contributed by atoms with Gasteiger partial charge in [0.1, 0.15) is 5.01 Å². The van der Waals surface area contributed by atoms with Crippen molar-refractivity contribution in [2.75, 3.05) is 11.5 Å². The van der Waals surface area contributed by atoms with Crippen LogP contribution in [-0.4, -0.2) is 16.5 Å². The quantitative estimate of drug-likeness (QED) is 0.823. The SMILES string of the molecule is CCSCCC(N)c1nc2c(s1)CCCC2. The van der Waals surface area contributed by atoms with Crippen molar-refractivity contribution in [3.05, 3.63) is 15.6 Å². The van der Waals surface area contributed by atoms with Gasteiger partial charge in [0.2, 0.25) is 0 Å². The van der Waals surface area contributed by atoms with Crippen molar-refractivity contribution < 1.29 is 0 Å². The number of hydrogen-bond acceptors (Lipinski definition) is 4. The third-order valence-electron chi connectivity index (χ3n) is 2.96. The lowest BCUT2D eigenvalue weighted by atomic mass is 10.0. The first-order valence-electron chi connectivity index (χ1n) is 6.13. The van der Waals surface area contributed by atoms with Gasteiger partial charge in [0.05, 0.1) is 11.7 Å². The molecule has 0 spiro atoms. The number of aryl methyl sites for hydroxylation is 2. The summed E-state index contributed by atoms with van der Waals surface area (Å²) in [5, 5.41) is 1.17. The summed E-state index contributed by atoms with van der Waals surface area (Å²) in [5.41, 5.74) is 7.52. The van der Waals surface area contributed by atoms with Crippen molar-refractivity contribution in [2.45, 2.75) is 45.1 Å². The Morgan fingerprint density at radius 3 is 3.00 bits per heavy atom. The standard InChI is InChI=1S/C12H20N2S2/c1-2-15-8-7-9(13)12-14-10-5-3-4-6-11(10)16-12/h9H,2-8,13H2,1H3. The van der Waals surface area contributed by atoms with Crippen molar-refractivity contribution in [1.29, 1.82) is 0 Å². The van der Waals surface area contributed by atoms with Gasteiger partial charge in [0.25, 0.3) is 0 Å². The monoisotopic (exact) mass is 256 g/mol. The van der Waals surface area contributed by atoms with Gasteiger partial charge in [-0.15, -0.1) is 11.3 Å². The summed E-state index contributed by atoms with van der Waals surface area (Å²) < 4.78 is 0. The molecule has 90 valence electrons. The second kappa shape index (κ2) is 6.03. The normalized spacial score (nSPS) is 17.1. The molecule has 0 radical (unpaired) electrons. The Balaban J connectivity index is 1.95. The van der Waals surface area contributed by atoms with Crippen molar-refractivity contribution >= 4 is 23.1 Å². The fraction of sp³-hybridized carbons (Fsp3) is 0.750. The highest BCUT2D eigenvalue weighted by molar-refractivity contribution is 7.99. The average molecular weight is 256 g/mol. The molecule has 1 aliphatic rings. The Hall–Kier alpha value is -0.0600. The van der Waals surface area contributed by atoms with E-state index in [1.807, 2.05) is 23.1 Å². The van der Waals surface area contributed by atoms with Crippen LogP contribution < -0.4 is 5.73 Å². The highest BCUT2D eigenvalue weighted by atomic mass is 32.2. The number of fused-ring (bicyclic) bond motifs is 1. The Morgan fingerprint density at radius 2 is 2.25 bits per heavy atom. The maximum Gasteiger partial charge on any atom is 0.110 e. The molecule has 1 aliphatic carbocycles. The Bertz CT molecular complexity index is 312. The zero-order valence-corrected chi connectivity index (χ0v) is 11.5. The molecule has 16 heavy (non-hydrogen) atoms. The lowest BCUT2D eigenvalue weighted by Gasteiger charge is -2.07. The van der Waals surface area contributed by atoms with Crippen LogP contribution in [0.5, 0.6) is 0 Å². The largest absolute Gasteiger partial charge is 0.322 e. The fourth-order valence-electron chi connectivity index (χ4n) is 2.01. The molecule has 2 nitrogen and oxygen atoms in total. The van der Waals surface area contributed by atoms with Gasteiger partial charge in [0, 0.05) is 4.88 Å². The molecule has 1 heterocycles. The Kier molecular flexibility index (Phi) is 4.67. The van der Waals surface area contributed by atoms with Crippen LogP contribution in [0.2, 0.25) is 0 Å². The summed E-state index contributed by atoms with van der Waals surface area (Å²) in [6.07, 6.45) is 6.09. The van der Waals surface area contributed by atoms with Crippen molar-refractivity contribution in [3.8, 4) is 0 Å². The second-order valence-corrected chi connectivity index (χ2v) is 6.73. The molecule has 1 aromatic rings. The number of hydrogen-bond donors (Lipinski definition) is 1. The fourth-order valence-corrected chi connectivity index (χ4v) is 3.91. The number of nitrogens with two attached hydrogens (primary N) is 1. The topological polar surface area (TPSA) is 38.9 Å². The summed E-state index contributed by atoms with van der Waals surface area (Å²) in [6.45, 7) is 2.19. The lowest BCUT2D eigenvalue weighted by molar-refractivity contribution is 0.665. The third kappa shape index (κ3) is 2.99. The summed E-state index contributed by atoms with van der Waals surface area (Å²) in [5.74, 6) is 2.34. The van der Waals surface area contributed by atoms with Gasteiger partial charge in [-0.05, 0) is 43.6 Å². The molecule has 0 bridgehead atoms. The Morgan fingerprint density at radius 1 is 1.44 bits per heavy atom. The van der Waals surface area contributed by atoms with Gasteiger partial charge >= 0.3 is 0 Å². The van der Waals surface area contributed by atoms with E-state index in [1.54, 1.807) is 0 Å². The van der Waals surface area contributed by atoms with E-state index < -0.39 is 0 Å². The first-order valence-corrected chi connectivity index (χ1v) is 8.10. The summed E-state index contributed by atoms with van der Waals surface area (Å²) in [6, 6.07) is 0.162. The van der Waals surface area contributed by atoms with Crippen LogP contribution in [0.15, 0.2) is 0 Å². The third-order valence-corrected chi connectivity index (χ3v) is 5.18. The first kappa shape index (κ1) is 12.4. The van der Waals surface area contributed by atoms with E-state index in [0.717, 1.165) is 12.2 Å². The number of aromatic nitrogens is 1. The lowest BCUT2D eigenvalue weighted by Crippen LogP contribution is -2.11. The molecule has 0 amide bonds. The minimum atomic E-state index is 0.162. The van der Waals surface area contributed by atoms with Crippen LogP contribution in [-0.2, 0) is 12.8 Å². The van der Waals surface area contributed by atoms with E-state index >= 15 is 0 Å². The van der Waals surface area contributed by atoms with Gasteiger partial charge in [0.15, 0.2) is 0 Å². The number of thiazole rings is 1. The second-order valence-electron chi connectivity index (χ2n) is 4.22. The molecule has 0 aromatic carbocycles. The van der Waals surface area contributed by atoms with Gasteiger partial charge in [-0.2, -0.15) is 11.8 Å². The minimum Gasteiger partial charge on any atom is -0.322 e. The number of rotatable bonds is 5. The molecular weight excluding hydrogens is 236 g/mol. The first-order chi connectivity index (χ1) is 7.81. The van der Waals surface area contributed by atoms with Gasteiger partial charge in [-0.25, -0.2) is 4.98 Å². The maximum atomic E-state index is 6.18. The van der Waals surface area contributed by atoms with Gasteiger partial charge in [-0.3, -0.25) is 0 Å². The zero-order chi connectivity index (χ0) is 11.4. The molecule has 1 unspecified atom stereocenters. The summed E-state index contributed by atoms with van der Waals surface area (Å²) >= 11 is 3.82. The smallest absolute Gasteiger partial charge is 0.110 e. The van der Waals surface area contributed by atoms with Crippen LogP contribution >= 0.6 is 23.1 Å². The van der Waals surface area contributed by atoms with Crippen molar-refractivity contribution in [2.24, 2.45) is 5.73 Å². The predicted molar refractivity (Wildman–Crippen MR) is 73.3 cm³/mol. The molecule has 0 fully saturated rings. The molecule has 1 atom stereocenters. The summed E-state index contributed by atoms with van der Waals surface area (Å²) in [4.78, 5) is 6.21. The number of thioether (sulfide) groups is 1. The zero-order valence-electron chi connectivity index (χ0n) is 9.87. The predicted octanol–water partition coefficient (Wildman–Crippen LogP) is 3.16. The minimum absolute atomic E-state index is 0.162. The molecule has 2 N–H and O–H groups in total. The van der Waals surface area contributed by atoms with Crippen LogP contribution in [0.4, 0.5) is 0 Å². The van der Waals surface area contributed by atoms with Crippen LogP contribution in [0.1, 0.15) is 47.8 Å². The number of nitrogens with zero attached hydrogens (tertiary/aromatic N) is 1. The molecule has 0 saturated carbocycles. The van der Waals surface area contributed by atoms with Crippen LogP contribution in [0.25, 0.3) is 0 Å². The van der Waals surface area contributed by atoms with E-state index in [9.17, 15) is 0 Å². The van der Waals surface area contributed by atoms with Gasteiger partial charge in [-0.1, -0.05) is 6.92 Å². The van der Waals surface area contributed by atoms with E-state index in [1.165, 1.54) is 47.0 Å².